The van der Waals surface area contributed by atoms with E-state index < -0.39 is 18.2 Å². The number of carbonyl (C=O) groups is 1. The standard InChI is InChI=1S/C15H23FN2O2/c1-4-18(5-2)12-9-7-11(8-10-12)14(17)13(16)15(19)20-6-3/h7-10,13-14H,4-6,17H2,1-3H3/t13?,14-/m1/s1. The van der Waals surface area contributed by atoms with E-state index in [-0.39, 0.29) is 6.61 Å². The molecule has 0 aromatic heterocycles. The van der Waals surface area contributed by atoms with Crippen molar-refractivity contribution < 1.29 is 13.9 Å². The van der Waals surface area contributed by atoms with Crippen LogP contribution in [0, 0.1) is 0 Å². The Labute approximate surface area is 119 Å². The first-order valence-corrected chi connectivity index (χ1v) is 6.96. The molecule has 0 aliphatic heterocycles. The Balaban J connectivity index is 2.79. The summed E-state index contributed by atoms with van der Waals surface area (Å²) >= 11 is 0. The topological polar surface area (TPSA) is 55.6 Å². The molecular formula is C15H23FN2O2. The first-order chi connectivity index (χ1) is 9.54. The molecule has 4 nitrogen and oxygen atoms in total. The minimum Gasteiger partial charge on any atom is -0.464 e. The van der Waals surface area contributed by atoms with Crippen molar-refractivity contribution >= 4 is 11.7 Å². The van der Waals surface area contributed by atoms with E-state index in [0.717, 1.165) is 18.8 Å². The van der Waals surface area contributed by atoms with Gasteiger partial charge in [-0.2, -0.15) is 0 Å². The fraction of sp³-hybridized carbons (Fsp3) is 0.533. The third kappa shape index (κ3) is 3.93. The highest BCUT2D eigenvalue weighted by Gasteiger charge is 2.27. The second-order valence-corrected chi connectivity index (χ2v) is 4.44. The molecule has 0 radical (unpaired) electrons. The summed E-state index contributed by atoms with van der Waals surface area (Å²) in [5.74, 6) is -0.909. The van der Waals surface area contributed by atoms with E-state index in [4.69, 9.17) is 5.73 Å². The predicted molar refractivity (Wildman–Crippen MR) is 78.5 cm³/mol. The van der Waals surface area contributed by atoms with Gasteiger partial charge in [-0.3, -0.25) is 0 Å². The summed E-state index contributed by atoms with van der Waals surface area (Å²) < 4.78 is 18.5. The minimum atomic E-state index is -1.84. The molecule has 2 atom stereocenters. The van der Waals surface area contributed by atoms with Gasteiger partial charge in [-0.05, 0) is 38.5 Å². The van der Waals surface area contributed by atoms with Gasteiger partial charge in [-0.1, -0.05) is 12.1 Å². The molecule has 0 saturated carbocycles. The molecule has 0 fully saturated rings. The molecule has 0 bridgehead atoms. The largest absolute Gasteiger partial charge is 0.464 e. The number of alkyl halides is 1. The molecule has 0 amide bonds. The van der Waals surface area contributed by atoms with Crippen molar-refractivity contribution in [1.29, 1.82) is 0 Å². The van der Waals surface area contributed by atoms with E-state index in [0.29, 0.717) is 5.56 Å². The van der Waals surface area contributed by atoms with Crippen LogP contribution in [0.15, 0.2) is 24.3 Å². The molecule has 1 aromatic carbocycles. The third-order valence-electron chi connectivity index (χ3n) is 3.23. The molecule has 0 aliphatic rings. The van der Waals surface area contributed by atoms with Crippen LogP contribution in [0.3, 0.4) is 0 Å². The number of rotatable bonds is 7. The second-order valence-electron chi connectivity index (χ2n) is 4.44. The zero-order chi connectivity index (χ0) is 15.1. The molecule has 5 heteroatoms. The van der Waals surface area contributed by atoms with Gasteiger partial charge in [0.2, 0.25) is 6.17 Å². The molecule has 2 N–H and O–H groups in total. The van der Waals surface area contributed by atoms with E-state index >= 15 is 0 Å². The van der Waals surface area contributed by atoms with Gasteiger partial charge in [-0.25, -0.2) is 9.18 Å². The van der Waals surface area contributed by atoms with Crippen molar-refractivity contribution in [3.05, 3.63) is 29.8 Å². The minimum absolute atomic E-state index is 0.146. The predicted octanol–water partition coefficient (Wildman–Crippen LogP) is 2.43. The molecule has 1 aromatic rings. The van der Waals surface area contributed by atoms with Gasteiger partial charge in [0.1, 0.15) is 0 Å². The number of hydrogen-bond donors (Lipinski definition) is 1. The van der Waals surface area contributed by atoms with E-state index in [1.807, 2.05) is 12.1 Å². The molecule has 20 heavy (non-hydrogen) atoms. The molecule has 0 spiro atoms. The maximum atomic E-state index is 13.8. The number of esters is 1. The average Bonchev–Trinajstić information content (AvgIpc) is 2.48. The number of halogens is 1. The van der Waals surface area contributed by atoms with Crippen molar-refractivity contribution in [3.8, 4) is 0 Å². The van der Waals surface area contributed by atoms with Crippen molar-refractivity contribution in [1.82, 2.24) is 0 Å². The Bertz CT molecular complexity index is 418. The molecular weight excluding hydrogens is 259 g/mol. The van der Waals surface area contributed by atoms with E-state index in [2.05, 4.69) is 23.5 Å². The number of benzene rings is 1. The van der Waals surface area contributed by atoms with E-state index in [9.17, 15) is 9.18 Å². The Morgan fingerprint density at radius 2 is 1.80 bits per heavy atom. The first-order valence-electron chi connectivity index (χ1n) is 6.96. The summed E-state index contributed by atoms with van der Waals surface area (Å²) in [6.45, 7) is 7.72. The highest BCUT2D eigenvalue weighted by molar-refractivity contribution is 5.75. The maximum Gasteiger partial charge on any atom is 0.342 e. The van der Waals surface area contributed by atoms with Crippen molar-refractivity contribution in [2.45, 2.75) is 33.0 Å². The summed E-state index contributed by atoms with van der Waals surface area (Å²) in [6.07, 6.45) is -1.84. The SMILES string of the molecule is CCOC(=O)C(F)[C@H](N)c1ccc(N(CC)CC)cc1. The molecule has 1 unspecified atom stereocenters. The van der Waals surface area contributed by atoms with Crippen LogP contribution < -0.4 is 10.6 Å². The van der Waals surface area contributed by atoms with Crippen LogP contribution in [0.4, 0.5) is 10.1 Å². The van der Waals surface area contributed by atoms with Gasteiger partial charge in [0.15, 0.2) is 0 Å². The van der Waals surface area contributed by atoms with Crippen molar-refractivity contribution in [2.24, 2.45) is 5.73 Å². The summed E-state index contributed by atoms with van der Waals surface area (Å²) in [7, 11) is 0. The van der Waals surface area contributed by atoms with E-state index in [1.165, 1.54) is 0 Å². The lowest BCUT2D eigenvalue weighted by molar-refractivity contribution is -0.149. The van der Waals surface area contributed by atoms with E-state index in [1.54, 1.807) is 19.1 Å². The number of nitrogens with zero attached hydrogens (tertiary/aromatic N) is 1. The van der Waals surface area contributed by atoms with Crippen LogP contribution in [0.1, 0.15) is 32.4 Å². The molecule has 1 rings (SSSR count). The molecule has 0 heterocycles. The van der Waals surface area contributed by atoms with Crippen LogP contribution in [0.25, 0.3) is 0 Å². The van der Waals surface area contributed by atoms with Gasteiger partial charge < -0.3 is 15.4 Å². The molecule has 0 aliphatic carbocycles. The highest BCUT2D eigenvalue weighted by atomic mass is 19.1. The van der Waals surface area contributed by atoms with Crippen LogP contribution >= 0.6 is 0 Å². The van der Waals surface area contributed by atoms with Gasteiger partial charge >= 0.3 is 5.97 Å². The van der Waals surface area contributed by atoms with Gasteiger partial charge in [0, 0.05) is 18.8 Å². The quantitative estimate of drug-likeness (QED) is 0.780. The normalized spacial score (nSPS) is 13.7. The fourth-order valence-electron chi connectivity index (χ4n) is 2.03. The molecule has 112 valence electrons. The van der Waals surface area contributed by atoms with Gasteiger partial charge in [0.05, 0.1) is 12.6 Å². The second kappa shape index (κ2) is 7.85. The van der Waals surface area contributed by atoms with Crippen LogP contribution in [-0.4, -0.2) is 31.8 Å². The third-order valence-corrected chi connectivity index (χ3v) is 3.23. The average molecular weight is 282 g/mol. The van der Waals surface area contributed by atoms with Crippen LogP contribution in [0.5, 0.6) is 0 Å². The zero-order valence-electron chi connectivity index (χ0n) is 12.3. The summed E-state index contributed by atoms with van der Waals surface area (Å²) in [4.78, 5) is 13.5. The number of anilines is 1. The van der Waals surface area contributed by atoms with Crippen LogP contribution in [0.2, 0.25) is 0 Å². The van der Waals surface area contributed by atoms with Crippen LogP contribution in [-0.2, 0) is 9.53 Å². The Hall–Kier alpha value is -1.62. The zero-order valence-corrected chi connectivity index (χ0v) is 12.3. The fourth-order valence-corrected chi connectivity index (χ4v) is 2.03. The Morgan fingerprint density at radius 3 is 2.25 bits per heavy atom. The summed E-state index contributed by atoms with van der Waals surface area (Å²) in [5.41, 5.74) is 7.41. The van der Waals surface area contributed by atoms with Crippen molar-refractivity contribution in [2.75, 3.05) is 24.6 Å². The smallest absolute Gasteiger partial charge is 0.342 e. The van der Waals surface area contributed by atoms with Gasteiger partial charge in [-0.15, -0.1) is 0 Å². The lowest BCUT2D eigenvalue weighted by atomic mass is 10.0. The Morgan fingerprint density at radius 1 is 1.25 bits per heavy atom. The lowest BCUT2D eigenvalue weighted by Gasteiger charge is -2.22. The number of nitrogens with two attached hydrogens (primary N) is 1. The number of ether oxygens (including phenoxy) is 1. The van der Waals surface area contributed by atoms with Gasteiger partial charge in [0.25, 0.3) is 0 Å². The first kappa shape index (κ1) is 16.4. The highest BCUT2D eigenvalue weighted by Crippen LogP contribution is 2.22. The number of carbonyl (C=O) groups excluding carboxylic acids is 1. The maximum absolute atomic E-state index is 13.8. The monoisotopic (exact) mass is 282 g/mol. The summed E-state index contributed by atoms with van der Waals surface area (Å²) in [6, 6.07) is 6.29. The summed E-state index contributed by atoms with van der Waals surface area (Å²) in [5, 5.41) is 0. The Kier molecular flexibility index (Phi) is 6.45. The van der Waals surface area contributed by atoms with Crippen molar-refractivity contribution in [3.63, 3.8) is 0 Å². The molecule has 0 saturated heterocycles. The number of hydrogen-bond acceptors (Lipinski definition) is 4. The lowest BCUT2D eigenvalue weighted by Crippen LogP contribution is -2.31.